The van der Waals surface area contributed by atoms with Crippen LogP contribution >= 0.6 is 0 Å². The number of rotatable bonds is 18. The van der Waals surface area contributed by atoms with Gasteiger partial charge in [0.25, 0.3) is 0 Å². The van der Waals surface area contributed by atoms with Crippen molar-refractivity contribution in [1.29, 1.82) is 0 Å². The molecule has 18 heteroatoms. The zero-order valence-corrected chi connectivity index (χ0v) is 23.7. The Morgan fingerprint density at radius 3 is 1.76 bits per heavy atom. The molecular formula is C24H37F3N2O13. The zero-order chi connectivity index (χ0) is 31.7. The Hall–Kier alpha value is -3.06. The lowest BCUT2D eigenvalue weighted by Gasteiger charge is -2.44. The van der Waals surface area contributed by atoms with Crippen molar-refractivity contribution in [3.8, 4) is 0 Å². The maximum Gasteiger partial charge on any atom is 0.471 e. The molecule has 2 N–H and O–H groups in total. The number of carbonyl (C=O) groups is 5. The number of nitrogens with one attached hydrogen (secondary N) is 2. The van der Waals surface area contributed by atoms with Crippen molar-refractivity contribution in [1.82, 2.24) is 10.6 Å². The van der Waals surface area contributed by atoms with Crippen molar-refractivity contribution in [2.75, 3.05) is 59.4 Å². The minimum atomic E-state index is -4.95. The first kappa shape index (κ1) is 37.0. The maximum atomic E-state index is 12.0. The largest absolute Gasteiger partial charge is 0.471 e. The van der Waals surface area contributed by atoms with Gasteiger partial charge in [-0.05, 0) is 0 Å². The minimum absolute atomic E-state index is 0.0473. The van der Waals surface area contributed by atoms with Crippen molar-refractivity contribution < 1.29 is 75.0 Å². The Morgan fingerprint density at radius 1 is 0.738 bits per heavy atom. The Kier molecular flexibility index (Phi) is 16.9. The standard InChI is InChI=1S/C24H37F3N2O13/c1-14(30)29-19-21(41-17(4)33)20(40-16(3)32)18(13-39-15(2)31)42-22(19)38-12-11-37-10-9-36-8-7-35-6-5-28-23(34)24(25,26)27/h18-22H,5-13H2,1-4H3,(H,28,34)(H,29,30)/t18-,19-,20+,21-,22?/m1/s1. The van der Waals surface area contributed by atoms with E-state index in [1.54, 1.807) is 5.32 Å². The summed E-state index contributed by atoms with van der Waals surface area (Å²) >= 11 is 0. The lowest BCUT2D eigenvalue weighted by atomic mass is 9.96. The average molecular weight is 619 g/mol. The van der Waals surface area contributed by atoms with E-state index in [1.807, 2.05) is 0 Å². The molecule has 242 valence electrons. The molecule has 0 aromatic carbocycles. The van der Waals surface area contributed by atoms with Crippen LogP contribution in [0.15, 0.2) is 0 Å². The second-order valence-corrected chi connectivity index (χ2v) is 8.68. The highest BCUT2D eigenvalue weighted by molar-refractivity contribution is 5.81. The van der Waals surface area contributed by atoms with Crippen molar-refractivity contribution in [3.05, 3.63) is 0 Å². The van der Waals surface area contributed by atoms with Gasteiger partial charge in [0.2, 0.25) is 5.91 Å². The Balaban J connectivity index is 2.53. The van der Waals surface area contributed by atoms with E-state index in [-0.39, 0.29) is 59.4 Å². The van der Waals surface area contributed by atoms with Gasteiger partial charge in [-0.15, -0.1) is 0 Å². The molecule has 1 heterocycles. The fourth-order valence-corrected chi connectivity index (χ4v) is 3.54. The maximum absolute atomic E-state index is 12.0. The first-order chi connectivity index (χ1) is 19.7. The van der Waals surface area contributed by atoms with Crippen LogP contribution in [0.3, 0.4) is 0 Å². The Morgan fingerprint density at radius 2 is 1.26 bits per heavy atom. The fraction of sp³-hybridized carbons (Fsp3) is 0.792. The summed E-state index contributed by atoms with van der Waals surface area (Å²) in [4.78, 5) is 57.5. The van der Waals surface area contributed by atoms with Gasteiger partial charge in [-0.2, -0.15) is 13.2 Å². The van der Waals surface area contributed by atoms with Crippen LogP contribution in [0.25, 0.3) is 0 Å². The van der Waals surface area contributed by atoms with Crippen LogP contribution in [0.1, 0.15) is 27.7 Å². The van der Waals surface area contributed by atoms with Gasteiger partial charge in [-0.3, -0.25) is 24.0 Å². The van der Waals surface area contributed by atoms with Gasteiger partial charge in [-0.25, -0.2) is 0 Å². The summed E-state index contributed by atoms with van der Waals surface area (Å²) in [5, 5.41) is 4.24. The summed E-state index contributed by atoms with van der Waals surface area (Å²) in [5.74, 6) is -4.66. The van der Waals surface area contributed by atoms with Crippen LogP contribution in [0, 0.1) is 0 Å². The number of carbonyl (C=O) groups excluding carboxylic acids is 5. The van der Waals surface area contributed by atoms with E-state index < -0.39 is 66.5 Å². The Labute approximate surface area is 239 Å². The molecule has 1 aliphatic heterocycles. The molecule has 0 bridgehead atoms. The number of ether oxygens (including phenoxy) is 8. The molecule has 1 rings (SSSR count). The van der Waals surface area contributed by atoms with Gasteiger partial charge < -0.3 is 48.5 Å². The van der Waals surface area contributed by atoms with Crippen molar-refractivity contribution in [2.45, 2.75) is 64.5 Å². The van der Waals surface area contributed by atoms with Gasteiger partial charge in [-0.1, -0.05) is 0 Å². The molecule has 1 unspecified atom stereocenters. The van der Waals surface area contributed by atoms with Crippen LogP contribution in [0.5, 0.6) is 0 Å². The van der Waals surface area contributed by atoms with Crippen LogP contribution in [-0.2, 0) is 61.9 Å². The highest BCUT2D eigenvalue weighted by atomic mass is 19.4. The summed E-state index contributed by atoms with van der Waals surface area (Å²) in [7, 11) is 0. The fourth-order valence-electron chi connectivity index (χ4n) is 3.54. The quantitative estimate of drug-likeness (QED) is 0.113. The first-order valence-electron chi connectivity index (χ1n) is 12.8. The monoisotopic (exact) mass is 618 g/mol. The number of halogens is 3. The molecular weight excluding hydrogens is 581 g/mol. The smallest absolute Gasteiger partial charge is 0.463 e. The number of hydrogen-bond donors (Lipinski definition) is 2. The molecule has 1 saturated heterocycles. The van der Waals surface area contributed by atoms with Gasteiger partial charge in [0, 0.05) is 34.2 Å². The molecule has 1 aliphatic rings. The first-order valence-corrected chi connectivity index (χ1v) is 12.8. The van der Waals surface area contributed by atoms with Gasteiger partial charge in [0.05, 0.1) is 46.2 Å². The van der Waals surface area contributed by atoms with E-state index in [1.165, 1.54) is 13.8 Å². The summed E-state index contributed by atoms with van der Waals surface area (Å²) in [5.41, 5.74) is 0. The molecule has 0 aromatic heterocycles. The molecule has 0 radical (unpaired) electrons. The number of hydrogen-bond acceptors (Lipinski definition) is 13. The summed E-state index contributed by atoms with van der Waals surface area (Å²) in [6, 6.07) is -1.10. The molecule has 0 aromatic rings. The molecule has 0 saturated carbocycles. The van der Waals surface area contributed by atoms with Gasteiger partial charge >= 0.3 is 30.0 Å². The molecule has 5 atom stereocenters. The second-order valence-electron chi connectivity index (χ2n) is 8.68. The lowest BCUT2D eigenvalue weighted by molar-refractivity contribution is -0.279. The van der Waals surface area contributed by atoms with Crippen molar-refractivity contribution >= 4 is 29.7 Å². The van der Waals surface area contributed by atoms with Gasteiger partial charge in [0.1, 0.15) is 18.8 Å². The summed E-state index contributed by atoms with van der Waals surface area (Å²) in [6.07, 6.45) is -9.75. The van der Waals surface area contributed by atoms with Crippen LogP contribution < -0.4 is 10.6 Å². The topological polar surface area (TPSA) is 183 Å². The van der Waals surface area contributed by atoms with E-state index in [9.17, 15) is 37.1 Å². The third-order valence-electron chi connectivity index (χ3n) is 5.11. The highest BCUT2D eigenvalue weighted by Crippen LogP contribution is 2.28. The molecule has 2 amide bonds. The zero-order valence-electron chi connectivity index (χ0n) is 23.7. The van der Waals surface area contributed by atoms with E-state index in [0.29, 0.717) is 0 Å². The predicted molar refractivity (Wildman–Crippen MR) is 131 cm³/mol. The minimum Gasteiger partial charge on any atom is -0.463 e. The van der Waals surface area contributed by atoms with Crippen molar-refractivity contribution in [3.63, 3.8) is 0 Å². The van der Waals surface area contributed by atoms with E-state index in [0.717, 1.165) is 13.8 Å². The van der Waals surface area contributed by atoms with Crippen molar-refractivity contribution in [2.24, 2.45) is 0 Å². The highest BCUT2D eigenvalue weighted by Gasteiger charge is 2.51. The average Bonchev–Trinajstić information content (AvgIpc) is 2.87. The normalized spacial score (nSPS) is 22.1. The number of alkyl halides is 3. The van der Waals surface area contributed by atoms with Gasteiger partial charge in [0.15, 0.2) is 18.5 Å². The molecule has 0 aliphatic carbocycles. The number of amides is 2. The summed E-state index contributed by atoms with van der Waals surface area (Å²) in [6.45, 7) is 4.36. The summed E-state index contributed by atoms with van der Waals surface area (Å²) < 4.78 is 79.1. The van der Waals surface area contributed by atoms with E-state index >= 15 is 0 Å². The molecule has 1 fully saturated rings. The van der Waals surface area contributed by atoms with Crippen LogP contribution in [-0.4, -0.2) is 126 Å². The van der Waals surface area contributed by atoms with Crippen LogP contribution in [0.4, 0.5) is 13.2 Å². The lowest BCUT2D eigenvalue weighted by Crippen LogP contribution is -2.66. The molecule has 42 heavy (non-hydrogen) atoms. The van der Waals surface area contributed by atoms with E-state index in [4.69, 9.17) is 37.9 Å². The number of esters is 3. The third-order valence-corrected chi connectivity index (χ3v) is 5.11. The molecule has 15 nitrogen and oxygen atoms in total. The predicted octanol–water partition coefficient (Wildman–Crippen LogP) is -0.613. The SMILES string of the molecule is CC(=O)N[C@H]1C(OCCOCCOCCOCCNC(=O)C(F)(F)F)O[C@H](COC(C)=O)[C@H](OC(C)=O)[C@@H]1OC(C)=O. The second kappa shape index (κ2) is 19.2. The third kappa shape index (κ3) is 15.2. The molecule has 0 spiro atoms. The van der Waals surface area contributed by atoms with Crippen LogP contribution in [0.2, 0.25) is 0 Å². The Bertz CT molecular complexity index is 890. The van der Waals surface area contributed by atoms with E-state index in [2.05, 4.69) is 5.32 Å².